The third-order valence-corrected chi connectivity index (χ3v) is 2.68. The van der Waals surface area contributed by atoms with Gasteiger partial charge in [-0.3, -0.25) is 4.79 Å². The van der Waals surface area contributed by atoms with E-state index in [2.05, 4.69) is 10.3 Å². The summed E-state index contributed by atoms with van der Waals surface area (Å²) in [5.41, 5.74) is -0.0224. The highest BCUT2D eigenvalue weighted by molar-refractivity contribution is 5.94. The Hall–Kier alpha value is -2.37. The summed E-state index contributed by atoms with van der Waals surface area (Å²) in [7, 11) is 0. The van der Waals surface area contributed by atoms with Crippen LogP contribution in [-0.2, 0) is 12.7 Å². The molecular formula is C14H12F3N2O+. The molecule has 0 saturated carbocycles. The zero-order chi connectivity index (χ0) is 14.6. The van der Waals surface area contributed by atoms with Crippen molar-refractivity contribution in [3.63, 3.8) is 0 Å². The number of aromatic nitrogens is 1. The number of hydrogen-bond acceptors (Lipinski definition) is 1. The van der Waals surface area contributed by atoms with Crippen LogP contribution in [0.1, 0.15) is 21.5 Å². The van der Waals surface area contributed by atoms with E-state index >= 15 is 0 Å². The fourth-order valence-corrected chi connectivity index (χ4v) is 1.66. The molecule has 2 N–H and O–H groups in total. The van der Waals surface area contributed by atoms with E-state index in [9.17, 15) is 18.0 Å². The minimum Gasteiger partial charge on any atom is -0.348 e. The number of amides is 1. The lowest BCUT2D eigenvalue weighted by Gasteiger charge is -2.09. The highest BCUT2D eigenvalue weighted by atomic mass is 19.4. The standard InChI is InChI=1S/C14H11F3N2O/c15-14(16,17)12-5-1-4-11(7-12)13(20)19-9-10-3-2-6-18-8-10/h1-8H,9H2,(H,19,20)/p+1. The Morgan fingerprint density at radius 3 is 2.65 bits per heavy atom. The maximum atomic E-state index is 12.5. The van der Waals surface area contributed by atoms with Gasteiger partial charge in [0.25, 0.3) is 5.91 Å². The second-order valence-corrected chi connectivity index (χ2v) is 4.17. The van der Waals surface area contributed by atoms with Crippen LogP contribution >= 0.6 is 0 Å². The maximum Gasteiger partial charge on any atom is 0.416 e. The summed E-state index contributed by atoms with van der Waals surface area (Å²) in [6, 6.07) is 7.90. The van der Waals surface area contributed by atoms with Crippen molar-refractivity contribution >= 4 is 5.91 Å². The Morgan fingerprint density at radius 2 is 2.00 bits per heavy atom. The molecule has 0 unspecified atom stereocenters. The summed E-state index contributed by atoms with van der Waals surface area (Å²) in [4.78, 5) is 14.7. The van der Waals surface area contributed by atoms with E-state index in [1.54, 1.807) is 24.5 Å². The van der Waals surface area contributed by atoms with Crippen LogP contribution in [0.15, 0.2) is 48.8 Å². The number of benzene rings is 1. The Kier molecular flexibility index (Phi) is 4.02. The monoisotopic (exact) mass is 281 g/mol. The molecule has 0 spiro atoms. The van der Waals surface area contributed by atoms with Gasteiger partial charge in [0.05, 0.1) is 5.56 Å². The van der Waals surface area contributed by atoms with E-state index in [1.807, 2.05) is 0 Å². The molecule has 104 valence electrons. The van der Waals surface area contributed by atoms with E-state index in [1.165, 1.54) is 12.1 Å². The summed E-state index contributed by atoms with van der Waals surface area (Å²) < 4.78 is 37.6. The summed E-state index contributed by atoms with van der Waals surface area (Å²) in [6.07, 6.45) is -1.03. The zero-order valence-electron chi connectivity index (χ0n) is 10.4. The van der Waals surface area contributed by atoms with Gasteiger partial charge < -0.3 is 5.32 Å². The van der Waals surface area contributed by atoms with Gasteiger partial charge >= 0.3 is 6.18 Å². The van der Waals surface area contributed by atoms with Gasteiger partial charge in [0.2, 0.25) is 0 Å². The topological polar surface area (TPSA) is 43.2 Å². The highest BCUT2D eigenvalue weighted by Gasteiger charge is 2.30. The van der Waals surface area contributed by atoms with Gasteiger partial charge in [0.1, 0.15) is 0 Å². The van der Waals surface area contributed by atoms with E-state index in [0.717, 1.165) is 17.7 Å². The average molecular weight is 281 g/mol. The normalized spacial score (nSPS) is 11.2. The molecule has 1 aromatic heterocycles. The first-order valence-corrected chi connectivity index (χ1v) is 5.87. The molecule has 0 aliphatic carbocycles. The Balaban J connectivity index is 2.06. The van der Waals surface area contributed by atoms with Crippen molar-refractivity contribution in [3.05, 3.63) is 65.5 Å². The number of carbonyl (C=O) groups excluding carboxylic acids is 1. The quantitative estimate of drug-likeness (QED) is 0.922. The van der Waals surface area contributed by atoms with Crippen LogP contribution in [-0.4, -0.2) is 5.91 Å². The summed E-state index contributed by atoms with van der Waals surface area (Å²) >= 11 is 0. The molecule has 0 aliphatic rings. The van der Waals surface area contributed by atoms with E-state index in [-0.39, 0.29) is 12.1 Å². The molecule has 6 heteroatoms. The smallest absolute Gasteiger partial charge is 0.348 e. The highest BCUT2D eigenvalue weighted by Crippen LogP contribution is 2.29. The number of pyridine rings is 1. The summed E-state index contributed by atoms with van der Waals surface area (Å²) in [6.45, 7) is 0.242. The predicted molar refractivity (Wildman–Crippen MR) is 65.6 cm³/mol. The predicted octanol–water partition coefficient (Wildman–Crippen LogP) is 2.45. The lowest BCUT2D eigenvalue weighted by atomic mass is 10.1. The fraction of sp³-hybridized carbons (Fsp3) is 0.143. The lowest BCUT2D eigenvalue weighted by molar-refractivity contribution is -0.378. The van der Waals surface area contributed by atoms with Crippen molar-refractivity contribution in [3.8, 4) is 0 Å². The van der Waals surface area contributed by atoms with Crippen molar-refractivity contribution in [1.29, 1.82) is 0 Å². The first kappa shape index (κ1) is 14.0. The molecule has 0 saturated heterocycles. The van der Waals surface area contributed by atoms with Crippen LogP contribution in [0.25, 0.3) is 0 Å². The minimum absolute atomic E-state index is 0.0141. The van der Waals surface area contributed by atoms with Gasteiger partial charge in [0.15, 0.2) is 12.4 Å². The second kappa shape index (κ2) is 5.73. The molecule has 0 fully saturated rings. The molecule has 20 heavy (non-hydrogen) atoms. The largest absolute Gasteiger partial charge is 0.416 e. The number of alkyl halides is 3. The molecule has 1 amide bonds. The number of rotatable bonds is 3. The SMILES string of the molecule is O=C(NCc1ccc[nH+]c1)c1cccc(C(F)(F)F)c1. The van der Waals surface area contributed by atoms with Crippen molar-refractivity contribution < 1.29 is 22.9 Å². The zero-order valence-corrected chi connectivity index (χ0v) is 10.4. The Labute approximate surface area is 113 Å². The molecule has 1 aromatic carbocycles. The lowest BCUT2D eigenvalue weighted by Crippen LogP contribution is -2.23. The van der Waals surface area contributed by atoms with Gasteiger partial charge in [0, 0.05) is 23.7 Å². The number of carbonyl (C=O) groups is 1. The molecule has 2 rings (SSSR count). The molecule has 0 bridgehead atoms. The summed E-state index contributed by atoms with van der Waals surface area (Å²) in [5, 5.41) is 2.57. The van der Waals surface area contributed by atoms with Crippen LogP contribution < -0.4 is 10.3 Å². The first-order valence-electron chi connectivity index (χ1n) is 5.87. The van der Waals surface area contributed by atoms with Crippen LogP contribution in [0.5, 0.6) is 0 Å². The number of halogens is 3. The third-order valence-electron chi connectivity index (χ3n) is 2.68. The summed E-state index contributed by atoms with van der Waals surface area (Å²) in [5.74, 6) is -0.542. The molecular weight excluding hydrogens is 269 g/mol. The number of H-pyrrole nitrogens is 1. The van der Waals surface area contributed by atoms with Gasteiger partial charge in [-0.15, -0.1) is 0 Å². The number of hydrogen-bond donors (Lipinski definition) is 1. The van der Waals surface area contributed by atoms with Crippen LogP contribution in [0.4, 0.5) is 13.2 Å². The van der Waals surface area contributed by atoms with Gasteiger partial charge in [-0.05, 0) is 24.3 Å². The third kappa shape index (κ3) is 3.57. The van der Waals surface area contributed by atoms with Crippen molar-refractivity contribution in [2.24, 2.45) is 0 Å². The second-order valence-electron chi connectivity index (χ2n) is 4.17. The average Bonchev–Trinajstić information content (AvgIpc) is 2.45. The van der Waals surface area contributed by atoms with E-state index in [4.69, 9.17) is 0 Å². The maximum absolute atomic E-state index is 12.5. The Morgan fingerprint density at radius 1 is 1.20 bits per heavy atom. The molecule has 0 atom stereocenters. The Bertz CT molecular complexity index is 597. The number of aromatic amines is 1. The van der Waals surface area contributed by atoms with Crippen LogP contribution in [0, 0.1) is 0 Å². The van der Waals surface area contributed by atoms with Crippen molar-refractivity contribution in [2.75, 3.05) is 0 Å². The molecule has 0 aliphatic heterocycles. The molecule has 3 nitrogen and oxygen atoms in total. The number of nitrogens with one attached hydrogen (secondary N) is 2. The van der Waals surface area contributed by atoms with Crippen molar-refractivity contribution in [1.82, 2.24) is 5.32 Å². The fourth-order valence-electron chi connectivity index (χ4n) is 1.66. The van der Waals surface area contributed by atoms with Gasteiger partial charge in [-0.1, -0.05) is 6.07 Å². The van der Waals surface area contributed by atoms with Crippen LogP contribution in [0.3, 0.4) is 0 Å². The first-order chi connectivity index (χ1) is 9.47. The molecule has 1 heterocycles. The van der Waals surface area contributed by atoms with Crippen molar-refractivity contribution in [2.45, 2.75) is 12.7 Å². The minimum atomic E-state index is -4.45. The van der Waals surface area contributed by atoms with E-state index in [0.29, 0.717) is 0 Å². The van der Waals surface area contributed by atoms with Gasteiger partial charge in [-0.2, -0.15) is 13.2 Å². The van der Waals surface area contributed by atoms with Gasteiger partial charge in [-0.25, -0.2) is 4.98 Å². The molecule has 0 radical (unpaired) electrons. The van der Waals surface area contributed by atoms with E-state index < -0.39 is 17.6 Å². The van der Waals surface area contributed by atoms with Crippen LogP contribution in [0.2, 0.25) is 0 Å². The molecule has 2 aromatic rings.